The summed E-state index contributed by atoms with van der Waals surface area (Å²) in [5, 5.41) is 22.3. The number of benzene rings is 1. The number of nitrogens with zero attached hydrogens (tertiary/aromatic N) is 7. The highest BCUT2D eigenvalue weighted by Crippen LogP contribution is 2.28. The molecule has 12 nitrogen and oxygen atoms in total. The maximum Gasteiger partial charge on any atom is 0.267 e. The van der Waals surface area contributed by atoms with Crippen molar-refractivity contribution < 1.29 is 9.90 Å². The molecule has 3 aromatic heterocycles. The van der Waals surface area contributed by atoms with Gasteiger partial charge in [0.05, 0.1) is 29.7 Å². The van der Waals surface area contributed by atoms with Gasteiger partial charge in [-0.15, -0.1) is 11.3 Å². The quantitative estimate of drug-likeness (QED) is 0.157. The van der Waals surface area contributed by atoms with Gasteiger partial charge < -0.3 is 15.3 Å². The second-order valence-electron chi connectivity index (χ2n) is 8.76. The van der Waals surface area contributed by atoms with Crippen LogP contribution < -0.4 is 21.0 Å². The van der Waals surface area contributed by atoms with Crippen molar-refractivity contribution in [1.82, 2.24) is 24.8 Å². The SMILES string of the molecule is Cc1cccc(Cl)c1NC(=O)c1cnc(Nc2nc(N/N=C/c3cccs3)nc(N3CCN(CCO)CC3)n2)s1. The molecule has 0 spiro atoms. The lowest BCUT2D eigenvalue weighted by Crippen LogP contribution is -2.47. The van der Waals surface area contributed by atoms with Gasteiger partial charge in [-0.2, -0.15) is 20.1 Å². The minimum absolute atomic E-state index is 0.127. The maximum absolute atomic E-state index is 12.9. The molecule has 1 amide bonds. The number of hydrazone groups is 1. The number of thiophene rings is 1. The van der Waals surface area contributed by atoms with E-state index in [1.54, 1.807) is 23.6 Å². The van der Waals surface area contributed by atoms with Crippen LogP contribution >= 0.6 is 34.3 Å². The van der Waals surface area contributed by atoms with Gasteiger partial charge in [0.2, 0.25) is 17.8 Å². The fraction of sp³-hybridized carbons (Fsp3) is 0.280. The Kier molecular flexibility index (Phi) is 9.13. The molecule has 4 N–H and O–H groups in total. The van der Waals surface area contributed by atoms with Crippen LogP contribution in [0.3, 0.4) is 0 Å². The lowest BCUT2D eigenvalue weighted by Gasteiger charge is -2.34. The topological polar surface area (TPSA) is 144 Å². The summed E-state index contributed by atoms with van der Waals surface area (Å²) in [7, 11) is 0. The van der Waals surface area contributed by atoms with Crippen LogP contribution in [0.4, 0.5) is 28.7 Å². The number of para-hydroxylation sites is 1. The first kappa shape index (κ1) is 27.9. The van der Waals surface area contributed by atoms with E-state index >= 15 is 0 Å². The van der Waals surface area contributed by atoms with Gasteiger partial charge in [0.1, 0.15) is 4.88 Å². The molecule has 1 saturated heterocycles. The zero-order valence-corrected chi connectivity index (χ0v) is 23.9. The third-order valence-electron chi connectivity index (χ3n) is 6.00. The van der Waals surface area contributed by atoms with Crippen LogP contribution in [-0.4, -0.2) is 81.4 Å². The third-order valence-corrected chi connectivity index (χ3v) is 8.04. The molecule has 1 aliphatic heterocycles. The number of carbonyl (C=O) groups is 1. The molecule has 1 aromatic carbocycles. The first-order valence-corrected chi connectivity index (χ1v) is 14.5. The van der Waals surface area contributed by atoms with Crippen LogP contribution in [0.2, 0.25) is 5.02 Å². The number of hydrogen-bond donors (Lipinski definition) is 4. The molecule has 5 rings (SSSR count). The average Bonchev–Trinajstić information content (AvgIpc) is 3.64. The first-order valence-electron chi connectivity index (χ1n) is 12.4. The molecule has 0 atom stereocenters. The molecule has 0 radical (unpaired) electrons. The van der Waals surface area contributed by atoms with Crippen LogP contribution in [0.15, 0.2) is 47.0 Å². The molecule has 0 unspecified atom stereocenters. The summed E-state index contributed by atoms with van der Waals surface area (Å²) in [5.74, 6) is 0.699. The number of amides is 1. The molecule has 0 aliphatic carbocycles. The summed E-state index contributed by atoms with van der Waals surface area (Å²) >= 11 is 8.99. The van der Waals surface area contributed by atoms with Crippen LogP contribution in [-0.2, 0) is 0 Å². The van der Waals surface area contributed by atoms with Crippen molar-refractivity contribution in [2.75, 3.05) is 60.3 Å². The van der Waals surface area contributed by atoms with Gasteiger partial charge in [-0.1, -0.05) is 41.1 Å². The zero-order valence-electron chi connectivity index (χ0n) is 21.5. The van der Waals surface area contributed by atoms with Crippen molar-refractivity contribution in [1.29, 1.82) is 0 Å². The number of aryl methyl sites for hydroxylation is 1. The summed E-state index contributed by atoms with van der Waals surface area (Å²) < 4.78 is 0. The number of rotatable bonds is 10. The number of halogens is 1. The van der Waals surface area contributed by atoms with E-state index in [-0.39, 0.29) is 24.4 Å². The van der Waals surface area contributed by atoms with E-state index in [1.165, 1.54) is 17.5 Å². The summed E-state index contributed by atoms with van der Waals surface area (Å²) in [5.41, 5.74) is 4.32. The Labute approximate surface area is 243 Å². The Morgan fingerprint density at radius 1 is 1.15 bits per heavy atom. The van der Waals surface area contributed by atoms with Gasteiger partial charge in [0, 0.05) is 37.6 Å². The van der Waals surface area contributed by atoms with E-state index in [4.69, 9.17) is 11.6 Å². The third kappa shape index (κ3) is 7.08. The van der Waals surface area contributed by atoms with Gasteiger partial charge in [0.25, 0.3) is 5.91 Å². The molecule has 0 bridgehead atoms. The van der Waals surface area contributed by atoms with Crippen molar-refractivity contribution in [3.8, 4) is 0 Å². The number of piperazine rings is 1. The van der Waals surface area contributed by atoms with Crippen LogP contribution in [0.1, 0.15) is 20.1 Å². The van der Waals surface area contributed by atoms with E-state index in [0.717, 1.165) is 23.5 Å². The summed E-state index contributed by atoms with van der Waals surface area (Å²) in [6, 6.07) is 9.34. The number of carbonyl (C=O) groups excluding carboxylic acids is 1. The summed E-state index contributed by atoms with van der Waals surface area (Å²) in [4.78, 5) is 36.5. The second-order valence-corrected chi connectivity index (χ2v) is 11.2. The lowest BCUT2D eigenvalue weighted by molar-refractivity contribution is 0.103. The van der Waals surface area contributed by atoms with E-state index in [9.17, 15) is 9.90 Å². The van der Waals surface area contributed by atoms with Crippen LogP contribution in [0.5, 0.6) is 0 Å². The maximum atomic E-state index is 12.9. The van der Waals surface area contributed by atoms with Crippen molar-refractivity contribution in [3.05, 3.63) is 62.2 Å². The molecular formula is C25H27ClN10O2S2. The second kappa shape index (κ2) is 13.1. The largest absolute Gasteiger partial charge is 0.395 e. The molecule has 15 heteroatoms. The number of nitrogens with one attached hydrogen (secondary N) is 3. The summed E-state index contributed by atoms with van der Waals surface area (Å²) in [6.45, 7) is 5.60. The van der Waals surface area contributed by atoms with Gasteiger partial charge in [0.15, 0.2) is 5.13 Å². The summed E-state index contributed by atoms with van der Waals surface area (Å²) in [6.07, 6.45) is 3.18. The Bertz CT molecular complexity index is 1450. The molecule has 4 aromatic rings. The van der Waals surface area contributed by atoms with Gasteiger partial charge in [-0.3, -0.25) is 15.0 Å². The number of thiazole rings is 1. The molecule has 1 fully saturated rings. The highest BCUT2D eigenvalue weighted by Gasteiger charge is 2.21. The minimum Gasteiger partial charge on any atom is -0.395 e. The molecule has 40 heavy (non-hydrogen) atoms. The van der Waals surface area contributed by atoms with Gasteiger partial charge in [-0.05, 0) is 30.0 Å². The minimum atomic E-state index is -0.316. The van der Waals surface area contributed by atoms with E-state index in [1.807, 2.05) is 36.6 Å². The molecule has 4 heterocycles. The van der Waals surface area contributed by atoms with E-state index < -0.39 is 0 Å². The van der Waals surface area contributed by atoms with Crippen molar-refractivity contribution >= 4 is 75.1 Å². The number of β-amino-alcohol motifs (C(OH)–C–C–N with tert-alkyl or cyclic N) is 1. The van der Waals surface area contributed by atoms with Gasteiger partial charge >= 0.3 is 0 Å². The Morgan fingerprint density at radius 2 is 1.98 bits per heavy atom. The van der Waals surface area contributed by atoms with Crippen molar-refractivity contribution in [2.45, 2.75) is 6.92 Å². The van der Waals surface area contributed by atoms with Crippen LogP contribution in [0, 0.1) is 6.92 Å². The number of hydrogen-bond acceptors (Lipinski definition) is 13. The highest BCUT2D eigenvalue weighted by molar-refractivity contribution is 7.17. The standard InChI is InChI=1S/C25H27ClN10O2S2/c1-16-4-2-6-18(26)20(16)29-21(38)19-15-27-25(40-19)33-22-30-23(34-28-14-17-5-3-13-39-17)32-24(31-22)36-9-7-35(8-10-36)11-12-37/h2-6,13-15,37H,7-12H2,1H3,(H,29,38)(H2,27,30,31,32,33,34)/b28-14+. The first-order chi connectivity index (χ1) is 19.5. The highest BCUT2D eigenvalue weighted by atomic mass is 35.5. The fourth-order valence-corrected chi connectivity index (χ4v) is 5.50. The van der Waals surface area contributed by atoms with Crippen LogP contribution in [0.25, 0.3) is 0 Å². The Balaban J connectivity index is 1.32. The Morgan fingerprint density at radius 3 is 2.73 bits per heavy atom. The van der Waals surface area contributed by atoms with Gasteiger partial charge in [-0.25, -0.2) is 10.4 Å². The molecule has 208 valence electrons. The molecular weight excluding hydrogens is 572 g/mol. The monoisotopic (exact) mass is 598 g/mol. The lowest BCUT2D eigenvalue weighted by atomic mass is 10.2. The predicted molar refractivity (Wildman–Crippen MR) is 161 cm³/mol. The van der Waals surface area contributed by atoms with Crippen molar-refractivity contribution in [2.24, 2.45) is 5.10 Å². The average molecular weight is 599 g/mol. The zero-order chi connectivity index (χ0) is 27.9. The fourth-order valence-electron chi connectivity index (χ4n) is 3.94. The van der Waals surface area contributed by atoms with Crippen molar-refractivity contribution in [3.63, 3.8) is 0 Å². The van der Waals surface area contributed by atoms with E-state index in [0.29, 0.717) is 46.3 Å². The number of aromatic nitrogens is 4. The number of aliphatic hydroxyl groups is 1. The molecule has 0 saturated carbocycles. The Hall–Kier alpha value is -3.69. The predicted octanol–water partition coefficient (Wildman–Crippen LogP) is 3.91. The normalized spacial score (nSPS) is 14.0. The smallest absolute Gasteiger partial charge is 0.267 e. The van der Waals surface area contributed by atoms with E-state index in [2.05, 4.69) is 50.9 Å². The number of anilines is 5. The molecule has 1 aliphatic rings. The number of aliphatic hydroxyl groups excluding tert-OH is 1.